The number of benzene rings is 3. The maximum Gasteiger partial charge on any atom is 0.338 e. The average molecular weight is 826 g/mol. The second-order valence-electron chi connectivity index (χ2n) is 13.0. The van der Waals surface area contributed by atoms with Crippen molar-refractivity contribution in [2.45, 2.75) is 44.7 Å². The molecule has 4 N–H and O–H groups in total. The number of nitrogens with one attached hydrogen (secondary N) is 2. The SMILES string of the molecule is CCOC(=O)c1cccc(N2CCN(C(=O)[C@@H](Cc3cc(Br)c(N)c(Br)c3)NC(=O)N3CCC(N4CCc5ccccc5NC4=O)CC3)CC2)c1. The van der Waals surface area contributed by atoms with Gasteiger partial charge in [0, 0.05) is 78.6 Å². The van der Waals surface area contributed by atoms with Crippen molar-refractivity contribution in [3.8, 4) is 0 Å². The van der Waals surface area contributed by atoms with E-state index in [1.807, 2.05) is 59.5 Å². The van der Waals surface area contributed by atoms with Gasteiger partial charge in [0.05, 0.1) is 17.9 Å². The quantitative estimate of drug-likeness (QED) is 0.202. The van der Waals surface area contributed by atoms with Crippen molar-refractivity contribution in [3.63, 3.8) is 0 Å². The molecule has 1 atom stereocenters. The van der Waals surface area contributed by atoms with E-state index in [9.17, 15) is 19.2 Å². The molecule has 0 unspecified atom stereocenters. The zero-order valence-corrected chi connectivity index (χ0v) is 31.7. The van der Waals surface area contributed by atoms with Gasteiger partial charge in [-0.25, -0.2) is 14.4 Å². The van der Waals surface area contributed by atoms with Gasteiger partial charge in [0.2, 0.25) is 5.91 Å². The molecule has 0 aliphatic carbocycles. The second-order valence-corrected chi connectivity index (χ2v) is 14.7. The number of nitrogens with two attached hydrogens (primary N) is 1. The summed E-state index contributed by atoms with van der Waals surface area (Å²) >= 11 is 7.02. The molecule has 0 spiro atoms. The maximum atomic E-state index is 14.2. The van der Waals surface area contributed by atoms with Crippen molar-refractivity contribution in [2.75, 3.05) is 68.4 Å². The van der Waals surface area contributed by atoms with Crippen molar-refractivity contribution in [1.82, 2.24) is 20.0 Å². The van der Waals surface area contributed by atoms with E-state index in [1.54, 1.807) is 22.8 Å². The molecular formula is C37H43Br2N7O5. The van der Waals surface area contributed by atoms with E-state index < -0.39 is 6.04 Å². The molecule has 270 valence electrons. The minimum Gasteiger partial charge on any atom is -0.462 e. The number of esters is 1. The van der Waals surface area contributed by atoms with Crippen molar-refractivity contribution >= 4 is 72.9 Å². The molecule has 2 saturated heterocycles. The van der Waals surface area contributed by atoms with Crippen LogP contribution < -0.4 is 21.3 Å². The number of nitrogen functional groups attached to an aromatic ring is 1. The number of amides is 5. The summed E-state index contributed by atoms with van der Waals surface area (Å²) in [5.41, 5.74) is 10.9. The van der Waals surface area contributed by atoms with Gasteiger partial charge in [0.1, 0.15) is 6.04 Å². The third-order valence-electron chi connectivity index (χ3n) is 9.82. The van der Waals surface area contributed by atoms with E-state index in [4.69, 9.17) is 10.5 Å². The van der Waals surface area contributed by atoms with Gasteiger partial charge >= 0.3 is 18.0 Å². The molecule has 51 heavy (non-hydrogen) atoms. The second kappa shape index (κ2) is 16.4. The van der Waals surface area contributed by atoms with Crippen LogP contribution >= 0.6 is 31.9 Å². The molecule has 0 radical (unpaired) electrons. The minimum absolute atomic E-state index is 0.0135. The van der Waals surface area contributed by atoms with Gasteiger partial charge in [-0.15, -0.1) is 0 Å². The number of hydrogen-bond acceptors (Lipinski definition) is 7. The number of para-hydroxylation sites is 1. The highest BCUT2D eigenvalue weighted by molar-refractivity contribution is 9.11. The lowest BCUT2D eigenvalue weighted by Crippen LogP contribution is -2.58. The molecule has 3 aliphatic rings. The number of fused-ring (bicyclic) bond motifs is 1. The fraction of sp³-hybridized carbons (Fsp3) is 0.405. The smallest absolute Gasteiger partial charge is 0.338 e. The molecule has 0 bridgehead atoms. The molecule has 3 heterocycles. The third kappa shape index (κ3) is 8.61. The summed E-state index contributed by atoms with van der Waals surface area (Å²) < 4.78 is 6.56. The number of piperazine rings is 1. The van der Waals surface area contributed by atoms with Crippen LogP contribution in [0.15, 0.2) is 69.6 Å². The van der Waals surface area contributed by atoms with Crippen LogP contribution in [-0.4, -0.2) is 103 Å². The highest BCUT2D eigenvalue weighted by Gasteiger charge is 2.34. The Morgan fingerprint density at radius 2 is 1.63 bits per heavy atom. The topological polar surface area (TPSA) is 141 Å². The van der Waals surface area contributed by atoms with Crippen LogP contribution in [0.25, 0.3) is 0 Å². The van der Waals surface area contributed by atoms with Crippen molar-refractivity contribution < 1.29 is 23.9 Å². The zero-order valence-electron chi connectivity index (χ0n) is 28.6. The van der Waals surface area contributed by atoms with Crippen LogP contribution in [-0.2, 0) is 22.4 Å². The van der Waals surface area contributed by atoms with Gasteiger partial charge in [0.25, 0.3) is 0 Å². The fourth-order valence-corrected chi connectivity index (χ4v) is 8.28. The molecule has 0 aromatic heterocycles. The molecule has 2 fully saturated rings. The van der Waals surface area contributed by atoms with Gasteiger partial charge in [-0.2, -0.15) is 0 Å². The highest BCUT2D eigenvalue weighted by Crippen LogP contribution is 2.31. The largest absolute Gasteiger partial charge is 0.462 e. The molecule has 3 aliphatic heterocycles. The number of urea groups is 2. The Balaban J connectivity index is 1.10. The Kier molecular flexibility index (Phi) is 11.7. The normalized spacial score (nSPS) is 17.3. The fourth-order valence-electron chi connectivity index (χ4n) is 7.00. The summed E-state index contributed by atoms with van der Waals surface area (Å²) in [5.74, 6) is -0.529. The predicted molar refractivity (Wildman–Crippen MR) is 204 cm³/mol. The number of carbonyl (C=O) groups is 4. The monoisotopic (exact) mass is 823 g/mol. The molecular weight excluding hydrogens is 782 g/mol. The number of halogens is 2. The van der Waals surface area contributed by atoms with Crippen LogP contribution in [0, 0.1) is 0 Å². The average Bonchev–Trinajstić information content (AvgIpc) is 3.31. The van der Waals surface area contributed by atoms with Crippen LogP contribution in [0.3, 0.4) is 0 Å². The first kappa shape index (κ1) is 36.5. The van der Waals surface area contributed by atoms with E-state index in [-0.39, 0.29) is 36.4 Å². The number of nitrogens with zero attached hydrogens (tertiary/aromatic N) is 4. The highest BCUT2D eigenvalue weighted by atomic mass is 79.9. The third-order valence-corrected chi connectivity index (χ3v) is 11.1. The van der Waals surface area contributed by atoms with Gasteiger partial charge in [-0.3, -0.25) is 4.79 Å². The molecule has 6 rings (SSSR count). The predicted octanol–water partition coefficient (Wildman–Crippen LogP) is 5.49. The summed E-state index contributed by atoms with van der Waals surface area (Å²) in [6, 6.07) is 17.7. The van der Waals surface area contributed by atoms with Gasteiger partial charge in [-0.05, 0) is 106 Å². The Hall–Kier alpha value is -4.30. The van der Waals surface area contributed by atoms with Gasteiger partial charge in [-0.1, -0.05) is 24.3 Å². The molecule has 12 nitrogen and oxygen atoms in total. The van der Waals surface area contributed by atoms with Crippen molar-refractivity contribution in [3.05, 3.63) is 86.3 Å². The first-order chi connectivity index (χ1) is 24.6. The lowest BCUT2D eigenvalue weighted by atomic mass is 10.0. The summed E-state index contributed by atoms with van der Waals surface area (Å²) in [4.78, 5) is 60.9. The Labute approximate surface area is 314 Å². The van der Waals surface area contributed by atoms with E-state index >= 15 is 0 Å². The Morgan fingerprint density at radius 1 is 0.922 bits per heavy atom. The number of rotatable bonds is 8. The lowest BCUT2D eigenvalue weighted by Gasteiger charge is -2.39. The van der Waals surface area contributed by atoms with Crippen LogP contribution in [0.1, 0.15) is 41.3 Å². The number of carbonyl (C=O) groups excluding carboxylic acids is 4. The Morgan fingerprint density at radius 3 is 2.33 bits per heavy atom. The molecule has 3 aromatic carbocycles. The van der Waals surface area contributed by atoms with Crippen LogP contribution in [0.5, 0.6) is 0 Å². The van der Waals surface area contributed by atoms with Crippen LogP contribution in [0.2, 0.25) is 0 Å². The summed E-state index contributed by atoms with van der Waals surface area (Å²) in [7, 11) is 0. The number of hydrogen-bond donors (Lipinski definition) is 3. The molecule has 0 saturated carbocycles. The minimum atomic E-state index is -0.814. The maximum absolute atomic E-state index is 14.2. The van der Waals surface area contributed by atoms with Crippen molar-refractivity contribution in [1.29, 1.82) is 0 Å². The Bertz CT molecular complexity index is 1750. The number of ether oxygens (including phenoxy) is 1. The van der Waals surface area contributed by atoms with E-state index in [1.165, 1.54) is 0 Å². The first-order valence-corrected chi connectivity index (χ1v) is 18.9. The number of piperidine rings is 1. The standard InChI is InChI=1S/C37H43Br2N7O5/c1-2-51-35(48)26-7-5-8-28(23-26)43-16-18-44(19-17-43)34(47)32(22-24-20-29(38)33(40)30(39)21-24)42-36(49)45-13-11-27(12-14-45)46-15-10-25-6-3-4-9-31(25)41-37(46)50/h3-9,20-21,23,27,32H,2,10-19,22,40H2,1H3,(H,41,50)(H,42,49)/t32-/m1/s1. The zero-order chi connectivity index (χ0) is 36.1. The number of anilines is 3. The number of likely N-dealkylation sites (tertiary alicyclic amines) is 1. The van der Waals surface area contributed by atoms with Crippen LogP contribution in [0.4, 0.5) is 26.7 Å². The van der Waals surface area contributed by atoms with E-state index in [2.05, 4.69) is 47.4 Å². The lowest BCUT2D eigenvalue weighted by molar-refractivity contribution is -0.133. The van der Waals surface area contributed by atoms with Gasteiger partial charge < -0.3 is 40.7 Å². The molecule has 14 heteroatoms. The molecule has 5 amide bonds. The summed E-state index contributed by atoms with van der Waals surface area (Å²) in [5, 5.41) is 6.11. The van der Waals surface area contributed by atoms with E-state index in [0.29, 0.717) is 85.5 Å². The van der Waals surface area contributed by atoms with Crippen molar-refractivity contribution in [2.24, 2.45) is 0 Å². The summed E-state index contributed by atoms with van der Waals surface area (Å²) in [6.45, 7) is 5.69. The van der Waals surface area contributed by atoms with Gasteiger partial charge in [0.15, 0.2) is 0 Å². The molecule has 3 aromatic rings. The van der Waals surface area contributed by atoms with E-state index in [0.717, 1.165) is 28.9 Å². The summed E-state index contributed by atoms with van der Waals surface area (Å²) in [6.07, 6.45) is 2.33. The first-order valence-electron chi connectivity index (χ1n) is 17.4.